The van der Waals surface area contributed by atoms with Gasteiger partial charge < -0.3 is 4.74 Å². The van der Waals surface area contributed by atoms with Crippen LogP contribution in [0.25, 0.3) is 22.4 Å². The summed E-state index contributed by atoms with van der Waals surface area (Å²) >= 11 is 0. The second-order valence-corrected chi connectivity index (χ2v) is 4.49. The Kier molecular flexibility index (Phi) is 3.46. The zero-order valence-electron chi connectivity index (χ0n) is 11.3. The summed E-state index contributed by atoms with van der Waals surface area (Å²) < 4.78 is 5.21. The zero-order valence-corrected chi connectivity index (χ0v) is 11.3. The van der Waals surface area contributed by atoms with E-state index >= 15 is 0 Å². The Morgan fingerprint density at radius 1 is 0.750 bits per heavy atom. The average molecular weight is 261 g/mol. The minimum atomic E-state index is 0.865. The minimum absolute atomic E-state index is 0.865. The molecule has 2 heteroatoms. The van der Waals surface area contributed by atoms with E-state index in [4.69, 9.17) is 4.74 Å². The van der Waals surface area contributed by atoms with Gasteiger partial charge in [-0.1, -0.05) is 42.5 Å². The molecule has 0 amide bonds. The Morgan fingerprint density at radius 3 is 2.10 bits per heavy atom. The summed E-state index contributed by atoms with van der Waals surface area (Å²) in [4.78, 5) is 4.44. The molecule has 0 N–H and O–H groups in total. The zero-order chi connectivity index (χ0) is 13.8. The molecule has 0 atom stereocenters. The molecule has 0 spiro atoms. The monoisotopic (exact) mass is 261 g/mol. The fourth-order valence-corrected chi connectivity index (χ4v) is 2.25. The molecule has 0 unspecified atom stereocenters. The first-order valence-corrected chi connectivity index (χ1v) is 6.53. The smallest absolute Gasteiger partial charge is 0.118 e. The lowest BCUT2D eigenvalue weighted by Gasteiger charge is -2.09. The standard InChI is InChI=1S/C18H15NO/c1-20-15-11-9-14(10-12-15)16-6-2-3-7-17(16)18-8-4-5-13-19-18/h2-13H,1H3. The fraction of sp³-hybridized carbons (Fsp3) is 0.0556. The molecule has 0 fully saturated rings. The van der Waals surface area contributed by atoms with E-state index < -0.39 is 0 Å². The van der Waals surface area contributed by atoms with E-state index in [9.17, 15) is 0 Å². The van der Waals surface area contributed by atoms with Gasteiger partial charge in [0.1, 0.15) is 5.75 Å². The Hall–Kier alpha value is -2.61. The van der Waals surface area contributed by atoms with Gasteiger partial charge in [0.2, 0.25) is 0 Å². The van der Waals surface area contributed by atoms with Crippen molar-refractivity contribution in [3.05, 3.63) is 72.9 Å². The van der Waals surface area contributed by atoms with Crippen molar-refractivity contribution in [1.29, 1.82) is 0 Å². The predicted octanol–water partition coefficient (Wildman–Crippen LogP) is 4.42. The molecule has 2 nitrogen and oxygen atoms in total. The van der Waals surface area contributed by atoms with E-state index in [-0.39, 0.29) is 0 Å². The normalized spacial score (nSPS) is 10.2. The summed E-state index contributed by atoms with van der Waals surface area (Å²) in [6, 6.07) is 22.4. The highest BCUT2D eigenvalue weighted by Gasteiger charge is 2.07. The van der Waals surface area contributed by atoms with Crippen molar-refractivity contribution < 1.29 is 4.74 Å². The number of ether oxygens (including phenoxy) is 1. The van der Waals surface area contributed by atoms with Crippen molar-refractivity contribution in [2.24, 2.45) is 0 Å². The van der Waals surface area contributed by atoms with Gasteiger partial charge in [-0.05, 0) is 35.4 Å². The maximum Gasteiger partial charge on any atom is 0.118 e. The van der Waals surface area contributed by atoms with Crippen molar-refractivity contribution in [3.63, 3.8) is 0 Å². The summed E-state index contributed by atoms with van der Waals surface area (Å²) in [6.07, 6.45) is 1.82. The van der Waals surface area contributed by atoms with Gasteiger partial charge in [-0.2, -0.15) is 0 Å². The van der Waals surface area contributed by atoms with E-state index in [0.29, 0.717) is 0 Å². The van der Waals surface area contributed by atoms with E-state index in [1.54, 1.807) is 7.11 Å². The highest BCUT2D eigenvalue weighted by Crippen LogP contribution is 2.31. The Labute approximate surface area is 118 Å². The molecule has 0 bridgehead atoms. The maximum atomic E-state index is 5.21. The number of methoxy groups -OCH3 is 1. The molecule has 0 radical (unpaired) electrons. The van der Waals surface area contributed by atoms with Crippen molar-refractivity contribution in [1.82, 2.24) is 4.98 Å². The minimum Gasteiger partial charge on any atom is -0.497 e. The second-order valence-electron chi connectivity index (χ2n) is 4.49. The molecule has 0 aliphatic rings. The lowest BCUT2D eigenvalue weighted by Crippen LogP contribution is -1.88. The van der Waals surface area contributed by atoms with Crippen LogP contribution in [0.4, 0.5) is 0 Å². The van der Waals surface area contributed by atoms with Crippen LogP contribution in [-0.4, -0.2) is 12.1 Å². The molecular formula is C18H15NO. The van der Waals surface area contributed by atoms with Crippen LogP contribution in [0.15, 0.2) is 72.9 Å². The molecule has 98 valence electrons. The van der Waals surface area contributed by atoms with Gasteiger partial charge in [-0.15, -0.1) is 0 Å². The molecule has 2 aromatic carbocycles. The highest BCUT2D eigenvalue weighted by atomic mass is 16.5. The van der Waals surface area contributed by atoms with E-state index in [0.717, 1.165) is 22.6 Å². The number of rotatable bonds is 3. The van der Waals surface area contributed by atoms with E-state index in [1.807, 2.05) is 48.7 Å². The van der Waals surface area contributed by atoms with Crippen molar-refractivity contribution in [2.75, 3.05) is 7.11 Å². The first-order valence-electron chi connectivity index (χ1n) is 6.53. The van der Waals surface area contributed by atoms with Crippen LogP contribution in [0, 0.1) is 0 Å². The Morgan fingerprint density at radius 2 is 1.45 bits per heavy atom. The van der Waals surface area contributed by atoms with Crippen molar-refractivity contribution >= 4 is 0 Å². The fourth-order valence-electron chi connectivity index (χ4n) is 2.25. The van der Waals surface area contributed by atoms with Gasteiger partial charge in [0, 0.05) is 11.8 Å². The van der Waals surface area contributed by atoms with Gasteiger partial charge in [0.25, 0.3) is 0 Å². The average Bonchev–Trinajstić information content (AvgIpc) is 2.56. The molecule has 0 aliphatic carbocycles. The van der Waals surface area contributed by atoms with Crippen LogP contribution in [-0.2, 0) is 0 Å². The molecule has 0 saturated heterocycles. The third kappa shape index (κ3) is 2.41. The predicted molar refractivity (Wildman–Crippen MR) is 81.7 cm³/mol. The van der Waals surface area contributed by atoms with Crippen LogP contribution < -0.4 is 4.74 Å². The van der Waals surface area contributed by atoms with Gasteiger partial charge in [-0.25, -0.2) is 0 Å². The van der Waals surface area contributed by atoms with E-state index in [1.165, 1.54) is 5.56 Å². The van der Waals surface area contributed by atoms with Crippen molar-refractivity contribution in [3.8, 4) is 28.1 Å². The number of aromatic nitrogens is 1. The summed E-state index contributed by atoms with van der Waals surface area (Å²) in [7, 11) is 1.68. The summed E-state index contributed by atoms with van der Waals surface area (Å²) in [5.74, 6) is 0.865. The Balaban J connectivity index is 2.10. The van der Waals surface area contributed by atoms with Crippen LogP contribution in [0.3, 0.4) is 0 Å². The SMILES string of the molecule is COc1ccc(-c2ccccc2-c2ccccn2)cc1. The number of hydrogen-bond acceptors (Lipinski definition) is 2. The second kappa shape index (κ2) is 5.57. The molecule has 1 heterocycles. The molecule has 0 aliphatic heterocycles. The number of benzene rings is 2. The molecular weight excluding hydrogens is 246 g/mol. The van der Waals surface area contributed by atoms with E-state index in [2.05, 4.69) is 29.2 Å². The van der Waals surface area contributed by atoms with Crippen LogP contribution in [0.2, 0.25) is 0 Å². The summed E-state index contributed by atoms with van der Waals surface area (Å²) in [6.45, 7) is 0. The van der Waals surface area contributed by atoms with Gasteiger partial charge in [0.15, 0.2) is 0 Å². The third-order valence-electron chi connectivity index (χ3n) is 3.27. The topological polar surface area (TPSA) is 22.1 Å². The van der Waals surface area contributed by atoms with Crippen LogP contribution in [0.1, 0.15) is 0 Å². The lowest BCUT2D eigenvalue weighted by molar-refractivity contribution is 0.415. The van der Waals surface area contributed by atoms with Gasteiger partial charge in [-0.3, -0.25) is 4.98 Å². The van der Waals surface area contributed by atoms with Crippen LogP contribution in [0.5, 0.6) is 5.75 Å². The first-order chi connectivity index (χ1) is 9.88. The highest BCUT2D eigenvalue weighted by molar-refractivity contribution is 5.81. The first kappa shape index (κ1) is 12.4. The number of hydrogen-bond donors (Lipinski definition) is 0. The maximum absolute atomic E-state index is 5.21. The Bertz CT molecular complexity index is 690. The van der Waals surface area contributed by atoms with Gasteiger partial charge >= 0.3 is 0 Å². The molecule has 20 heavy (non-hydrogen) atoms. The largest absolute Gasteiger partial charge is 0.497 e. The van der Waals surface area contributed by atoms with Crippen molar-refractivity contribution in [2.45, 2.75) is 0 Å². The molecule has 1 aromatic heterocycles. The number of nitrogens with zero attached hydrogens (tertiary/aromatic N) is 1. The number of pyridine rings is 1. The molecule has 3 rings (SSSR count). The lowest BCUT2D eigenvalue weighted by atomic mass is 9.97. The molecule has 0 saturated carbocycles. The summed E-state index contributed by atoms with van der Waals surface area (Å²) in [5.41, 5.74) is 4.46. The van der Waals surface area contributed by atoms with Gasteiger partial charge in [0.05, 0.1) is 12.8 Å². The summed E-state index contributed by atoms with van der Waals surface area (Å²) in [5, 5.41) is 0. The quantitative estimate of drug-likeness (QED) is 0.696. The molecule has 3 aromatic rings. The van der Waals surface area contributed by atoms with Crippen LogP contribution >= 0.6 is 0 Å². The third-order valence-corrected chi connectivity index (χ3v) is 3.27.